The van der Waals surface area contributed by atoms with Gasteiger partial charge in [0, 0.05) is 32.2 Å². The summed E-state index contributed by atoms with van der Waals surface area (Å²) in [6, 6.07) is 0.417. The minimum absolute atomic E-state index is 0.0678. The molecule has 2 aliphatic rings. The summed E-state index contributed by atoms with van der Waals surface area (Å²) in [5, 5.41) is 30.2. The fourth-order valence-electron chi connectivity index (χ4n) is 3.98. The lowest BCUT2D eigenvalue weighted by molar-refractivity contribution is -0.0505. The van der Waals surface area contributed by atoms with E-state index in [4.69, 9.17) is 10.5 Å². The first kappa shape index (κ1) is 20.0. The Hall–Kier alpha value is -2.25. The SMILES string of the molecule is CC(C)N1CCN(c2nc3c(=O)[nH]c(N)nc3n2[C@H]2O[C@@H](CO)[C@@H](O)[C@H]2O)CC1. The number of imidazole rings is 1. The van der Waals surface area contributed by atoms with Gasteiger partial charge in [0.2, 0.25) is 11.9 Å². The Labute approximate surface area is 166 Å². The normalized spacial score (nSPS) is 28.7. The van der Waals surface area contributed by atoms with E-state index in [-0.39, 0.29) is 17.1 Å². The Balaban J connectivity index is 1.79. The smallest absolute Gasteiger partial charge is 0.280 e. The van der Waals surface area contributed by atoms with Gasteiger partial charge in [-0.15, -0.1) is 0 Å². The fourth-order valence-corrected chi connectivity index (χ4v) is 3.98. The van der Waals surface area contributed by atoms with E-state index in [9.17, 15) is 20.1 Å². The van der Waals surface area contributed by atoms with Gasteiger partial charge in [0.15, 0.2) is 17.4 Å². The molecule has 0 spiro atoms. The number of rotatable bonds is 4. The first-order valence-electron chi connectivity index (χ1n) is 9.71. The second-order valence-corrected chi connectivity index (χ2v) is 7.75. The van der Waals surface area contributed by atoms with Crippen LogP contribution in [0.2, 0.25) is 0 Å². The van der Waals surface area contributed by atoms with Crippen LogP contribution in [0, 0.1) is 0 Å². The third-order valence-corrected chi connectivity index (χ3v) is 5.65. The molecule has 0 aromatic carbocycles. The molecule has 0 saturated carbocycles. The van der Waals surface area contributed by atoms with Crippen molar-refractivity contribution in [2.45, 2.75) is 44.4 Å². The average Bonchev–Trinajstić information content (AvgIpc) is 3.20. The number of nitrogens with zero attached hydrogens (tertiary/aromatic N) is 5. The van der Waals surface area contributed by atoms with Gasteiger partial charge in [-0.1, -0.05) is 0 Å². The fraction of sp³-hybridized carbons (Fsp3) is 0.706. The van der Waals surface area contributed by atoms with E-state index in [0.717, 1.165) is 13.1 Å². The lowest BCUT2D eigenvalue weighted by atomic mass is 10.1. The number of hydrogen-bond acceptors (Lipinski definition) is 10. The average molecular weight is 409 g/mol. The second kappa shape index (κ2) is 7.54. The molecule has 0 radical (unpaired) electrons. The van der Waals surface area contributed by atoms with Crippen LogP contribution in [0.3, 0.4) is 0 Å². The van der Waals surface area contributed by atoms with E-state index in [1.54, 1.807) is 0 Å². The van der Waals surface area contributed by atoms with Crippen LogP contribution in [-0.4, -0.2) is 96.9 Å². The van der Waals surface area contributed by atoms with E-state index in [2.05, 4.69) is 33.7 Å². The number of nitrogens with one attached hydrogen (secondary N) is 1. The maximum atomic E-state index is 12.4. The van der Waals surface area contributed by atoms with Gasteiger partial charge in [-0.05, 0) is 13.8 Å². The van der Waals surface area contributed by atoms with Crippen molar-refractivity contribution in [3.05, 3.63) is 10.4 Å². The van der Waals surface area contributed by atoms with E-state index >= 15 is 0 Å². The number of H-pyrrole nitrogens is 1. The monoisotopic (exact) mass is 409 g/mol. The van der Waals surface area contributed by atoms with Crippen molar-refractivity contribution in [2.24, 2.45) is 0 Å². The van der Waals surface area contributed by atoms with Gasteiger partial charge in [0.1, 0.15) is 18.3 Å². The summed E-state index contributed by atoms with van der Waals surface area (Å²) in [4.78, 5) is 27.8. The number of hydrogen-bond donors (Lipinski definition) is 5. The summed E-state index contributed by atoms with van der Waals surface area (Å²) in [6.07, 6.45) is -4.65. The zero-order valence-electron chi connectivity index (χ0n) is 16.4. The molecule has 0 bridgehead atoms. The van der Waals surface area contributed by atoms with Gasteiger partial charge >= 0.3 is 0 Å². The highest BCUT2D eigenvalue weighted by atomic mass is 16.6. The summed E-state index contributed by atoms with van der Waals surface area (Å²) >= 11 is 0. The molecule has 4 atom stereocenters. The van der Waals surface area contributed by atoms with Gasteiger partial charge in [-0.2, -0.15) is 4.98 Å². The summed E-state index contributed by atoms with van der Waals surface area (Å²) in [7, 11) is 0. The van der Waals surface area contributed by atoms with Crippen LogP contribution in [0.4, 0.5) is 11.9 Å². The highest BCUT2D eigenvalue weighted by Gasteiger charge is 2.45. The van der Waals surface area contributed by atoms with E-state index < -0.39 is 36.7 Å². The minimum Gasteiger partial charge on any atom is -0.394 e. The summed E-state index contributed by atoms with van der Waals surface area (Å²) in [6.45, 7) is 6.74. The lowest BCUT2D eigenvalue weighted by Crippen LogP contribution is -2.49. The molecule has 29 heavy (non-hydrogen) atoms. The Morgan fingerprint density at radius 1 is 1.21 bits per heavy atom. The number of aromatic nitrogens is 4. The van der Waals surface area contributed by atoms with Crippen molar-refractivity contribution in [3.63, 3.8) is 0 Å². The number of fused-ring (bicyclic) bond motifs is 1. The molecule has 12 nitrogen and oxygen atoms in total. The third kappa shape index (κ3) is 3.36. The zero-order valence-corrected chi connectivity index (χ0v) is 16.4. The van der Waals surface area contributed by atoms with Crippen LogP contribution in [0.15, 0.2) is 4.79 Å². The molecule has 2 fully saturated rings. The van der Waals surface area contributed by atoms with Crippen molar-refractivity contribution in [1.29, 1.82) is 0 Å². The molecule has 6 N–H and O–H groups in total. The molecular weight excluding hydrogens is 382 g/mol. The Morgan fingerprint density at radius 2 is 1.90 bits per heavy atom. The molecule has 0 aliphatic carbocycles. The molecule has 2 aromatic rings. The quantitative estimate of drug-likeness (QED) is 0.375. The number of aliphatic hydroxyl groups is 3. The van der Waals surface area contributed by atoms with Crippen molar-refractivity contribution in [2.75, 3.05) is 43.4 Å². The van der Waals surface area contributed by atoms with Crippen molar-refractivity contribution < 1.29 is 20.1 Å². The zero-order chi connectivity index (χ0) is 20.9. The topological polar surface area (TPSA) is 166 Å². The molecule has 2 aromatic heterocycles. The van der Waals surface area contributed by atoms with Crippen LogP contribution in [-0.2, 0) is 4.74 Å². The van der Waals surface area contributed by atoms with Gasteiger partial charge < -0.3 is 30.7 Å². The molecule has 4 rings (SSSR count). The first-order valence-corrected chi connectivity index (χ1v) is 9.71. The van der Waals surface area contributed by atoms with Gasteiger partial charge in [-0.25, -0.2) is 4.98 Å². The highest BCUT2D eigenvalue weighted by Crippen LogP contribution is 2.35. The molecule has 4 heterocycles. The number of ether oxygens (including phenoxy) is 1. The van der Waals surface area contributed by atoms with Crippen LogP contribution < -0.4 is 16.2 Å². The Bertz CT molecular complexity index is 936. The first-order chi connectivity index (χ1) is 13.8. The van der Waals surface area contributed by atoms with E-state index in [1.165, 1.54) is 4.57 Å². The summed E-state index contributed by atoms with van der Waals surface area (Å²) in [5.74, 6) is 0.313. The molecule has 0 amide bonds. The third-order valence-electron chi connectivity index (χ3n) is 5.65. The van der Waals surface area contributed by atoms with Crippen LogP contribution in [0.5, 0.6) is 0 Å². The molecule has 2 saturated heterocycles. The Kier molecular flexibility index (Phi) is 5.21. The van der Waals surface area contributed by atoms with Crippen LogP contribution >= 0.6 is 0 Å². The lowest BCUT2D eigenvalue weighted by Gasteiger charge is -2.38. The van der Waals surface area contributed by atoms with E-state index in [0.29, 0.717) is 25.1 Å². The van der Waals surface area contributed by atoms with Gasteiger partial charge in [0.05, 0.1) is 6.61 Å². The second-order valence-electron chi connectivity index (χ2n) is 7.75. The van der Waals surface area contributed by atoms with Crippen LogP contribution in [0.1, 0.15) is 20.1 Å². The summed E-state index contributed by atoms with van der Waals surface area (Å²) in [5.41, 5.74) is 5.45. The maximum Gasteiger partial charge on any atom is 0.280 e. The van der Waals surface area contributed by atoms with Crippen molar-refractivity contribution >= 4 is 23.1 Å². The highest BCUT2D eigenvalue weighted by molar-refractivity contribution is 5.75. The molecule has 2 aliphatic heterocycles. The molecule has 160 valence electrons. The number of nitrogens with two attached hydrogens (primary N) is 1. The van der Waals surface area contributed by atoms with Gasteiger partial charge in [-0.3, -0.25) is 19.2 Å². The number of piperazine rings is 1. The minimum atomic E-state index is -1.33. The number of aromatic amines is 1. The van der Waals surface area contributed by atoms with Crippen LogP contribution in [0.25, 0.3) is 11.2 Å². The number of nitrogen functional groups attached to an aromatic ring is 1. The van der Waals surface area contributed by atoms with Crippen molar-refractivity contribution in [1.82, 2.24) is 24.4 Å². The molecular formula is C17H27N7O5. The standard InChI is InChI=1S/C17H27N7O5/c1-8(2)22-3-5-23(6-4-22)17-19-10-13(20-16(18)21-14(10)28)24(17)15-12(27)11(26)9(7-25)29-15/h8-9,11-12,15,25-27H,3-7H2,1-2H3,(H3,18,20,21,28)/t9-,11+,12+,15-/m0/s1. The predicted octanol–water partition coefficient (Wildman–Crippen LogP) is -2.16. The predicted molar refractivity (Wildman–Crippen MR) is 104 cm³/mol. The van der Waals surface area contributed by atoms with E-state index in [1.807, 2.05) is 4.90 Å². The van der Waals surface area contributed by atoms with Crippen molar-refractivity contribution in [3.8, 4) is 0 Å². The maximum absolute atomic E-state index is 12.4. The molecule has 0 unspecified atom stereocenters. The number of anilines is 2. The summed E-state index contributed by atoms with van der Waals surface area (Å²) < 4.78 is 7.20. The van der Waals surface area contributed by atoms with Gasteiger partial charge in [0.25, 0.3) is 5.56 Å². The molecule has 12 heteroatoms. The number of aliphatic hydroxyl groups excluding tert-OH is 3. The largest absolute Gasteiger partial charge is 0.394 e. The Morgan fingerprint density at radius 3 is 2.48 bits per heavy atom.